The summed E-state index contributed by atoms with van der Waals surface area (Å²) in [7, 11) is -0.126. The lowest BCUT2D eigenvalue weighted by Crippen LogP contribution is -2.41. The predicted molar refractivity (Wildman–Crippen MR) is 142 cm³/mol. The Morgan fingerprint density at radius 1 is 1.11 bits per heavy atom. The van der Waals surface area contributed by atoms with Gasteiger partial charge in [-0.05, 0) is 68.7 Å². The summed E-state index contributed by atoms with van der Waals surface area (Å²) in [6, 6.07) is 8.79. The molecule has 2 aromatic carbocycles. The zero-order valence-corrected chi connectivity index (χ0v) is 22.5. The van der Waals surface area contributed by atoms with Gasteiger partial charge in [0.25, 0.3) is 0 Å². The van der Waals surface area contributed by atoms with Crippen LogP contribution in [0.3, 0.4) is 0 Å². The molecule has 4 rings (SSSR count). The number of aryl methyl sites for hydroxylation is 2. The molecule has 1 N–H and O–H groups in total. The Labute approximate surface area is 221 Å². The molecule has 0 unspecified atom stereocenters. The maximum Gasteiger partial charge on any atom is 0.248 e. The van der Waals surface area contributed by atoms with Crippen LogP contribution in [0.4, 0.5) is 20.2 Å². The van der Waals surface area contributed by atoms with Crippen molar-refractivity contribution >= 4 is 39.5 Å². The highest BCUT2D eigenvalue weighted by atomic mass is 32.2. The normalized spacial score (nSPS) is 15.2. The number of amides is 1. The highest BCUT2D eigenvalue weighted by Gasteiger charge is 2.36. The molecular formula is C27H30F2N4O4S. The van der Waals surface area contributed by atoms with E-state index in [1.165, 1.54) is 29.4 Å². The SMILES string of the molecule is Cc1ccc(NC(=O)C2CCN(S(=O)(=O)c3c(C)noc3/C=C/c3ccc(F)cc3F)CC2)cc1N(C)C. The summed E-state index contributed by atoms with van der Waals surface area (Å²) in [6.07, 6.45) is 3.31. The number of piperidine rings is 1. The van der Waals surface area contributed by atoms with Crippen molar-refractivity contribution in [2.45, 2.75) is 31.6 Å². The van der Waals surface area contributed by atoms with Gasteiger partial charge in [-0.15, -0.1) is 0 Å². The molecule has 2 heterocycles. The molecule has 1 aromatic heterocycles. The number of halogens is 2. The second-order valence-electron chi connectivity index (χ2n) is 9.52. The lowest BCUT2D eigenvalue weighted by atomic mass is 9.97. The van der Waals surface area contributed by atoms with E-state index in [9.17, 15) is 22.0 Å². The first-order valence-corrected chi connectivity index (χ1v) is 13.6. The van der Waals surface area contributed by atoms with E-state index in [1.54, 1.807) is 0 Å². The lowest BCUT2D eigenvalue weighted by molar-refractivity contribution is -0.120. The Bertz CT molecular complexity index is 1480. The van der Waals surface area contributed by atoms with Crippen LogP contribution in [0.1, 0.15) is 35.4 Å². The summed E-state index contributed by atoms with van der Waals surface area (Å²) < 4.78 is 60.7. The molecule has 3 aromatic rings. The number of nitrogens with one attached hydrogen (secondary N) is 1. The molecule has 1 amide bonds. The zero-order valence-electron chi connectivity index (χ0n) is 21.7. The van der Waals surface area contributed by atoms with Gasteiger partial charge in [-0.25, -0.2) is 17.2 Å². The molecule has 0 atom stereocenters. The molecule has 1 fully saturated rings. The van der Waals surface area contributed by atoms with Crippen LogP contribution in [0.2, 0.25) is 0 Å². The van der Waals surface area contributed by atoms with Crippen LogP contribution in [0, 0.1) is 31.4 Å². The minimum absolute atomic E-state index is 0.0536. The van der Waals surface area contributed by atoms with Crippen LogP contribution in [-0.4, -0.2) is 51.0 Å². The van der Waals surface area contributed by atoms with Gasteiger partial charge >= 0.3 is 0 Å². The largest absolute Gasteiger partial charge is 0.377 e. The van der Waals surface area contributed by atoms with Crippen molar-refractivity contribution in [3.05, 3.63) is 70.6 Å². The van der Waals surface area contributed by atoms with Crippen molar-refractivity contribution in [3.8, 4) is 0 Å². The fraction of sp³-hybridized carbons (Fsp3) is 0.333. The topological polar surface area (TPSA) is 95.8 Å². The Balaban J connectivity index is 1.45. The molecule has 0 radical (unpaired) electrons. The van der Waals surface area contributed by atoms with Gasteiger partial charge in [-0.2, -0.15) is 4.31 Å². The van der Waals surface area contributed by atoms with Crippen LogP contribution in [0.25, 0.3) is 12.2 Å². The Morgan fingerprint density at radius 2 is 1.82 bits per heavy atom. The van der Waals surface area contributed by atoms with Gasteiger partial charge in [0.1, 0.15) is 17.3 Å². The number of carbonyl (C=O) groups is 1. The van der Waals surface area contributed by atoms with E-state index in [0.29, 0.717) is 18.5 Å². The van der Waals surface area contributed by atoms with Gasteiger partial charge < -0.3 is 14.7 Å². The van der Waals surface area contributed by atoms with E-state index in [2.05, 4.69) is 10.5 Å². The highest BCUT2D eigenvalue weighted by Crippen LogP contribution is 2.30. The van der Waals surface area contributed by atoms with Crippen molar-refractivity contribution in [1.29, 1.82) is 0 Å². The highest BCUT2D eigenvalue weighted by molar-refractivity contribution is 7.89. The summed E-state index contributed by atoms with van der Waals surface area (Å²) in [5.41, 5.74) is 3.02. The van der Waals surface area contributed by atoms with Crippen LogP contribution in [0.15, 0.2) is 45.8 Å². The number of nitrogens with zero attached hydrogens (tertiary/aromatic N) is 3. The summed E-state index contributed by atoms with van der Waals surface area (Å²) in [4.78, 5) is 14.8. The fourth-order valence-corrected chi connectivity index (χ4v) is 6.22. The minimum Gasteiger partial charge on any atom is -0.377 e. The number of hydrogen-bond acceptors (Lipinski definition) is 6. The molecule has 38 heavy (non-hydrogen) atoms. The molecule has 0 saturated carbocycles. The van der Waals surface area contributed by atoms with Gasteiger partial charge in [0.05, 0.1) is 0 Å². The Morgan fingerprint density at radius 3 is 2.47 bits per heavy atom. The third-order valence-corrected chi connectivity index (χ3v) is 8.65. The number of rotatable bonds is 7. The molecule has 0 spiro atoms. The average Bonchev–Trinajstić information content (AvgIpc) is 3.25. The second-order valence-corrected chi connectivity index (χ2v) is 11.4. The standard InChI is InChI=1S/C27H30F2N4O4S/c1-17-5-9-22(16-24(17)32(3)4)30-27(34)20-11-13-33(14-12-20)38(35,36)26-18(2)31-37-25(26)10-7-19-6-8-21(28)15-23(19)29/h5-10,15-16,20H,11-14H2,1-4H3,(H,30,34)/b10-7+. The van der Waals surface area contributed by atoms with Crippen molar-refractivity contribution in [1.82, 2.24) is 9.46 Å². The molecule has 1 saturated heterocycles. The van der Waals surface area contributed by atoms with Crippen molar-refractivity contribution in [3.63, 3.8) is 0 Å². The summed E-state index contributed by atoms with van der Waals surface area (Å²) in [6.45, 7) is 3.81. The van der Waals surface area contributed by atoms with E-state index >= 15 is 0 Å². The zero-order chi connectivity index (χ0) is 27.6. The first-order chi connectivity index (χ1) is 18.0. The summed E-state index contributed by atoms with van der Waals surface area (Å²) in [5.74, 6) is -2.04. The van der Waals surface area contributed by atoms with Crippen LogP contribution >= 0.6 is 0 Å². The first-order valence-electron chi connectivity index (χ1n) is 12.2. The van der Waals surface area contributed by atoms with E-state index in [0.717, 1.165) is 23.4 Å². The maximum absolute atomic E-state index is 14.0. The van der Waals surface area contributed by atoms with Crippen molar-refractivity contribution < 1.29 is 26.5 Å². The van der Waals surface area contributed by atoms with Gasteiger partial charge in [0.2, 0.25) is 15.9 Å². The monoisotopic (exact) mass is 544 g/mol. The molecule has 8 nitrogen and oxygen atoms in total. The fourth-order valence-electron chi connectivity index (χ4n) is 4.50. The van der Waals surface area contributed by atoms with E-state index in [-0.39, 0.29) is 46.8 Å². The first kappa shape index (κ1) is 27.5. The van der Waals surface area contributed by atoms with Crippen molar-refractivity contribution in [2.24, 2.45) is 5.92 Å². The third-order valence-electron chi connectivity index (χ3n) is 6.59. The maximum atomic E-state index is 14.0. The third kappa shape index (κ3) is 5.78. The molecule has 202 valence electrons. The molecule has 0 aliphatic carbocycles. The van der Waals surface area contributed by atoms with Gasteiger partial charge in [-0.3, -0.25) is 4.79 Å². The molecule has 1 aliphatic rings. The van der Waals surface area contributed by atoms with Crippen molar-refractivity contribution in [2.75, 3.05) is 37.4 Å². The molecule has 0 bridgehead atoms. The summed E-state index contributed by atoms with van der Waals surface area (Å²) in [5, 5.41) is 6.74. The van der Waals surface area contributed by atoms with Crippen LogP contribution in [-0.2, 0) is 14.8 Å². The van der Waals surface area contributed by atoms with Gasteiger partial charge in [0.15, 0.2) is 10.7 Å². The van der Waals surface area contributed by atoms with E-state index in [1.807, 2.05) is 44.1 Å². The quantitative estimate of drug-likeness (QED) is 0.457. The minimum atomic E-state index is -3.99. The lowest BCUT2D eigenvalue weighted by Gasteiger charge is -2.30. The number of aromatic nitrogens is 1. The smallest absolute Gasteiger partial charge is 0.248 e. The number of sulfonamides is 1. The van der Waals surface area contributed by atoms with Gasteiger partial charge in [-0.1, -0.05) is 11.2 Å². The Hall–Kier alpha value is -3.57. The number of benzene rings is 2. The molecule has 11 heteroatoms. The number of hydrogen-bond donors (Lipinski definition) is 1. The van der Waals surface area contributed by atoms with Crippen LogP contribution in [0.5, 0.6) is 0 Å². The summed E-state index contributed by atoms with van der Waals surface area (Å²) >= 11 is 0. The molecular weight excluding hydrogens is 514 g/mol. The average molecular weight is 545 g/mol. The predicted octanol–water partition coefficient (Wildman–Crippen LogP) is 4.85. The second kappa shape index (κ2) is 11.0. The molecule has 1 aliphatic heterocycles. The van der Waals surface area contributed by atoms with Crippen LogP contribution < -0.4 is 10.2 Å². The Kier molecular flexibility index (Phi) is 7.98. The van der Waals surface area contributed by atoms with E-state index in [4.69, 9.17) is 4.52 Å². The number of carbonyl (C=O) groups excluding carboxylic acids is 1. The van der Waals surface area contributed by atoms with E-state index < -0.39 is 21.7 Å². The van der Waals surface area contributed by atoms with Gasteiger partial charge in [0, 0.05) is 56.1 Å². The number of anilines is 2.